The van der Waals surface area contributed by atoms with Crippen molar-refractivity contribution in [1.29, 1.82) is 0 Å². The second-order valence-electron chi connectivity index (χ2n) is 7.45. The molecule has 0 bridgehead atoms. The maximum Gasteiger partial charge on any atom is 0.192 e. The molecule has 124 valence electrons. The summed E-state index contributed by atoms with van der Waals surface area (Å²) in [4.78, 5) is 10.7. The van der Waals surface area contributed by atoms with E-state index >= 15 is 0 Å². The number of carbonyl (C=O) groups excluding carboxylic acids is 1. The first-order chi connectivity index (χ1) is 9.74. The lowest BCUT2D eigenvalue weighted by Gasteiger charge is -2.39. The molecule has 0 heterocycles. The Morgan fingerprint density at radius 2 is 1.76 bits per heavy atom. The van der Waals surface area contributed by atoms with Gasteiger partial charge >= 0.3 is 0 Å². The molecule has 0 rings (SSSR count). The standard InChI is InChI=1S/C18H36O2Si/c1-7-8-9-10-11-12-14-17(15-13-16-19)20-21(5,6)18(2,3)4/h11-12,16-17H,7-10,13-15H2,1-6H3/b12-11-. The summed E-state index contributed by atoms with van der Waals surface area (Å²) in [6, 6.07) is 0. The summed E-state index contributed by atoms with van der Waals surface area (Å²) in [6.45, 7) is 13.6. The molecule has 2 nitrogen and oxygen atoms in total. The second kappa shape index (κ2) is 10.3. The molecule has 0 aliphatic carbocycles. The monoisotopic (exact) mass is 312 g/mol. The molecule has 0 aromatic rings. The number of hydrogen-bond donors (Lipinski definition) is 0. The van der Waals surface area contributed by atoms with E-state index in [1.165, 1.54) is 19.3 Å². The quantitative estimate of drug-likeness (QED) is 0.206. The van der Waals surface area contributed by atoms with E-state index in [2.05, 4.69) is 52.9 Å². The highest BCUT2D eigenvalue weighted by molar-refractivity contribution is 6.74. The summed E-state index contributed by atoms with van der Waals surface area (Å²) < 4.78 is 6.46. The fraction of sp³-hybridized carbons (Fsp3) is 0.833. The topological polar surface area (TPSA) is 26.3 Å². The van der Waals surface area contributed by atoms with Gasteiger partial charge in [0.2, 0.25) is 0 Å². The Morgan fingerprint density at radius 1 is 1.10 bits per heavy atom. The van der Waals surface area contributed by atoms with E-state index in [0.717, 1.165) is 25.5 Å². The van der Waals surface area contributed by atoms with Crippen LogP contribution in [-0.2, 0) is 9.22 Å². The predicted molar refractivity (Wildman–Crippen MR) is 95.3 cm³/mol. The van der Waals surface area contributed by atoms with Crippen LogP contribution in [0.5, 0.6) is 0 Å². The van der Waals surface area contributed by atoms with E-state index < -0.39 is 8.32 Å². The Morgan fingerprint density at radius 3 is 2.29 bits per heavy atom. The first kappa shape index (κ1) is 20.6. The van der Waals surface area contributed by atoms with Gasteiger partial charge in [-0.05, 0) is 43.8 Å². The molecule has 1 unspecified atom stereocenters. The van der Waals surface area contributed by atoms with Gasteiger partial charge < -0.3 is 9.22 Å². The lowest BCUT2D eigenvalue weighted by atomic mass is 10.1. The molecule has 0 radical (unpaired) electrons. The molecule has 0 N–H and O–H groups in total. The molecule has 21 heavy (non-hydrogen) atoms. The number of aldehydes is 1. The lowest BCUT2D eigenvalue weighted by molar-refractivity contribution is -0.108. The van der Waals surface area contributed by atoms with Gasteiger partial charge in [-0.3, -0.25) is 0 Å². The van der Waals surface area contributed by atoms with E-state index in [-0.39, 0.29) is 11.1 Å². The molecule has 0 aromatic carbocycles. The summed E-state index contributed by atoms with van der Waals surface area (Å²) in [5.41, 5.74) is 0. The van der Waals surface area contributed by atoms with Crippen molar-refractivity contribution in [3.8, 4) is 0 Å². The van der Waals surface area contributed by atoms with Crippen LogP contribution in [-0.4, -0.2) is 20.7 Å². The smallest absolute Gasteiger partial charge is 0.192 e. The van der Waals surface area contributed by atoms with Crippen LogP contribution in [0.3, 0.4) is 0 Å². The van der Waals surface area contributed by atoms with Gasteiger partial charge in [0.1, 0.15) is 6.29 Å². The van der Waals surface area contributed by atoms with E-state index in [9.17, 15) is 4.79 Å². The van der Waals surface area contributed by atoms with Crippen LogP contribution >= 0.6 is 0 Å². The highest BCUT2D eigenvalue weighted by Gasteiger charge is 2.38. The Kier molecular flexibility index (Phi) is 10.1. The Labute approximate surface area is 133 Å². The van der Waals surface area contributed by atoms with Crippen LogP contribution in [0.15, 0.2) is 12.2 Å². The van der Waals surface area contributed by atoms with E-state index in [0.29, 0.717) is 6.42 Å². The molecule has 0 fully saturated rings. The third-order valence-corrected chi connectivity index (χ3v) is 8.95. The molecule has 0 saturated heterocycles. The van der Waals surface area contributed by atoms with Crippen molar-refractivity contribution >= 4 is 14.6 Å². The van der Waals surface area contributed by atoms with Gasteiger partial charge in [0.15, 0.2) is 8.32 Å². The van der Waals surface area contributed by atoms with Crippen molar-refractivity contribution in [2.75, 3.05) is 0 Å². The SMILES string of the molecule is CCCCC/C=C\CC(CCC=O)O[Si](C)(C)C(C)(C)C. The minimum absolute atomic E-state index is 0.193. The third kappa shape index (κ3) is 9.25. The zero-order valence-corrected chi connectivity index (χ0v) is 16.1. The number of hydrogen-bond acceptors (Lipinski definition) is 2. The Bertz CT molecular complexity index is 303. The molecule has 3 heteroatoms. The van der Waals surface area contributed by atoms with Crippen molar-refractivity contribution in [1.82, 2.24) is 0 Å². The van der Waals surface area contributed by atoms with Crippen molar-refractivity contribution in [3.63, 3.8) is 0 Å². The van der Waals surface area contributed by atoms with E-state index in [1.54, 1.807) is 0 Å². The number of allylic oxidation sites excluding steroid dienone is 1. The van der Waals surface area contributed by atoms with Gasteiger partial charge in [0.05, 0.1) is 0 Å². The lowest BCUT2D eigenvalue weighted by Crippen LogP contribution is -2.43. The van der Waals surface area contributed by atoms with Crippen LogP contribution in [0.2, 0.25) is 18.1 Å². The average Bonchev–Trinajstić information content (AvgIpc) is 2.38. The van der Waals surface area contributed by atoms with Gasteiger partial charge in [-0.1, -0.05) is 52.7 Å². The fourth-order valence-electron chi connectivity index (χ4n) is 1.95. The largest absolute Gasteiger partial charge is 0.414 e. The molecule has 0 saturated carbocycles. The molecule has 0 aromatic heterocycles. The highest BCUT2D eigenvalue weighted by atomic mass is 28.4. The summed E-state index contributed by atoms with van der Waals surface area (Å²) in [6.07, 6.45) is 13.1. The number of rotatable bonds is 11. The summed E-state index contributed by atoms with van der Waals surface area (Å²) in [5.74, 6) is 0. The van der Waals surface area contributed by atoms with Crippen molar-refractivity contribution in [3.05, 3.63) is 12.2 Å². The van der Waals surface area contributed by atoms with Crippen molar-refractivity contribution < 1.29 is 9.22 Å². The minimum atomic E-state index is -1.75. The molecule has 0 amide bonds. The van der Waals surface area contributed by atoms with Crippen LogP contribution < -0.4 is 0 Å². The van der Waals surface area contributed by atoms with Crippen LogP contribution in [0.1, 0.15) is 72.6 Å². The first-order valence-electron chi connectivity index (χ1n) is 8.51. The van der Waals surface area contributed by atoms with Gasteiger partial charge in [-0.2, -0.15) is 0 Å². The molecule has 0 aliphatic heterocycles. The highest BCUT2D eigenvalue weighted by Crippen LogP contribution is 2.38. The average molecular weight is 313 g/mol. The van der Waals surface area contributed by atoms with Gasteiger partial charge in [0.25, 0.3) is 0 Å². The van der Waals surface area contributed by atoms with Crippen LogP contribution in [0, 0.1) is 0 Å². The zero-order valence-electron chi connectivity index (χ0n) is 15.1. The first-order valence-corrected chi connectivity index (χ1v) is 11.4. The van der Waals surface area contributed by atoms with Gasteiger partial charge in [-0.15, -0.1) is 0 Å². The summed E-state index contributed by atoms with van der Waals surface area (Å²) in [7, 11) is -1.75. The Balaban J connectivity index is 4.41. The number of carbonyl (C=O) groups is 1. The molecule has 1 atom stereocenters. The molecule has 0 spiro atoms. The van der Waals surface area contributed by atoms with Gasteiger partial charge in [0, 0.05) is 12.5 Å². The van der Waals surface area contributed by atoms with Crippen LogP contribution in [0.4, 0.5) is 0 Å². The molecular weight excluding hydrogens is 276 g/mol. The van der Waals surface area contributed by atoms with E-state index in [4.69, 9.17) is 4.43 Å². The van der Waals surface area contributed by atoms with Gasteiger partial charge in [-0.25, -0.2) is 0 Å². The molecular formula is C18H36O2Si. The second-order valence-corrected chi connectivity index (χ2v) is 12.2. The Hall–Kier alpha value is -0.413. The fourth-order valence-corrected chi connectivity index (χ4v) is 3.35. The summed E-state index contributed by atoms with van der Waals surface area (Å²) >= 11 is 0. The molecule has 0 aliphatic rings. The minimum Gasteiger partial charge on any atom is -0.414 e. The van der Waals surface area contributed by atoms with Crippen LogP contribution in [0.25, 0.3) is 0 Å². The third-order valence-electron chi connectivity index (χ3n) is 4.41. The predicted octanol–water partition coefficient (Wildman–Crippen LogP) is 5.88. The van der Waals surface area contributed by atoms with Crippen molar-refractivity contribution in [2.24, 2.45) is 0 Å². The summed E-state index contributed by atoms with van der Waals surface area (Å²) in [5, 5.41) is 0.220. The van der Waals surface area contributed by atoms with E-state index in [1.807, 2.05) is 0 Å². The zero-order chi connectivity index (χ0) is 16.4. The maximum atomic E-state index is 10.7. The number of unbranched alkanes of at least 4 members (excludes halogenated alkanes) is 3. The maximum absolute atomic E-state index is 10.7. The normalized spacial score (nSPS) is 14.6. The van der Waals surface area contributed by atoms with Crippen molar-refractivity contribution in [2.45, 2.75) is 96.9 Å².